The van der Waals surface area contributed by atoms with Crippen LogP contribution in [0.3, 0.4) is 0 Å². The molecule has 0 saturated heterocycles. The molecule has 2 N–H and O–H groups in total. The number of nitrogens with zero attached hydrogens (tertiary/aromatic N) is 2. The van der Waals surface area contributed by atoms with Crippen molar-refractivity contribution in [3.05, 3.63) is 83.4 Å². The quantitative estimate of drug-likeness (QED) is 0.361. The highest BCUT2D eigenvalue weighted by Crippen LogP contribution is 2.39. The van der Waals surface area contributed by atoms with Gasteiger partial charge in [0.15, 0.2) is 0 Å². The normalized spacial score (nSPS) is 16.8. The molecule has 188 valence electrons. The minimum Gasteiger partial charge on any atom is -0.493 e. The number of carbonyl (C=O) groups excluding carboxylic acids is 1. The van der Waals surface area contributed by atoms with E-state index >= 15 is 0 Å². The maximum Gasteiger partial charge on any atom is 0.417 e. The number of aromatic amines is 1. The smallest absolute Gasteiger partial charge is 0.417 e. The maximum absolute atomic E-state index is 13.5. The summed E-state index contributed by atoms with van der Waals surface area (Å²) in [5, 5.41) is 2.76. The molecule has 4 heterocycles. The van der Waals surface area contributed by atoms with Crippen LogP contribution in [0.15, 0.2) is 60.9 Å². The molecule has 0 spiro atoms. The van der Waals surface area contributed by atoms with Crippen LogP contribution in [0.2, 0.25) is 0 Å². The van der Waals surface area contributed by atoms with E-state index in [0.29, 0.717) is 49.0 Å². The van der Waals surface area contributed by atoms with E-state index in [0.717, 1.165) is 22.9 Å². The summed E-state index contributed by atoms with van der Waals surface area (Å²) in [5.41, 5.74) is 1.29. The molecule has 0 aliphatic carbocycles. The lowest BCUT2D eigenvalue weighted by atomic mass is 9.96. The van der Waals surface area contributed by atoms with Gasteiger partial charge < -0.3 is 19.8 Å². The predicted molar refractivity (Wildman–Crippen MR) is 129 cm³/mol. The van der Waals surface area contributed by atoms with E-state index in [1.54, 1.807) is 18.3 Å². The highest BCUT2D eigenvalue weighted by atomic mass is 19.4. The fraction of sp³-hybridized carbons (Fsp3) is 0.222. The van der Waals surface area contributed by atoms with Gasteiger partial charge in [-0.05, 0) is 48.7 Å². The van der Waals surface area contributed by atoms with Crippen LogP contribution in [0.5, 0.6) is 17.2 Å². The topological polar surface area (TPSA) is 89.1 Å². The van der Waals surface area contributed by atoms with Gasteiger partial charge in [-0.3, -0.25) is 4.79 Å². The number of nitrogens with one attached hydrogen (secondary N) is 2. The molecule has 2 aromatic heterocycles. The summed E-state index contributed by atoms with van der Waals surface area (Å²) < 4.78 is 52.5. The summed E-state index contributed by atoms with van der Waals surface area (Å²) in [5.74, 6) is 2.78. The second-order valence-electron chi connectivity index (χ2n) is 8.98. The van der Waals surface area contributed by atoms with Crippen LogP contribution in [0.4, 0.5) is 19.0 Å². The first-order valence-corrected chi connectivity index (χ1v) is 11.8. The first kappa shape index (κ1) is 23.1. The molecule has 2 aromatic carbocycles. The molecule has 2 aliphatic rings. The van der Waals surface area contributed by atoms with E-state index in [2.05, 4.69) is 20.3 Å². The Labute approximate surface area is 209 Å². The Morgan fingerprint density at radius 1 is 1.08 bits per heavy atom. The van der Waals surface area contributed by atoms with Gasteiger partial charge in [0.05, 0.1) is 23.8 Å². The summed E-state index contributed by atoms with van der Waals surface area (Å²) in [6.45, 7) is 0.346. The van der Waals surface area contributed by atoms with Gasteiger partial charge in [-0.2, -0.15) is 13.2 Å². The third kappa shape index (κ3) is 4.50. The molecule has 1 atom stereocenters. The number of imidazole rings is 1. The number of carbonyl (C=O) groups is 1. The lowest BCUT2D eigenvalue weighted by Gasteiger charge is -2.25. The first-order valence-electron chi connectivity index (χ1n) is 11.8. The van der Waals surface area contributed by atoms with Crippen molar-refractivity contribution >= 4 is 11.7 Å². The minimum atomic E-state index is -4.47. The highest BCUT2D eigenvalue weighted by Gasteiger charge is 2.34. The van der Waals surface area contributed by atoms with Crippen molar-refractivity contribution in [2.24, 2.45) is 0 Å². The molecule has 0 radical (unpaired) electrons. The van der Waals surface area contributed by atoms with E-state index < -0.39 is 11.7 Å². The van der Waals surface area contributed by atoms with Crippen LogP contribution in [0.1, 0.15) is 34.9 Å². The van der Waals surface area contributed by atoms with Crippen LogP contribution in [-0.2, 0) is 23.8 Å². The molecule has 2 aliphatic heterocycles. The van der Waals surface area contributed by atoms with Crippen molar-refractivity contribution in [2.45, 2.75) is 31.4 Å². The summed E-state index contributed by atoms with van der Waals surface area (Å²) in [6.07, 6.45) is 0.0960. The third-order valence-corrected chi connectivity index (χ3v) is 6.53. The van der Waals surface area contributed by atoms with Crippen LogP contribution in [-0.4, -0.2) is 27.5 Å². The van der Waals surface area contributed by atoms with Gasteiger partial charge in [-0.1, -0.05) is 18.2 Å². The van der Waals surface area contributed by atoms with E-state index in [1.807, 2.05) is 18.2 Å². The number of alkyl halides is 3. The largest absolute Gasteiger partial charge is 0.493 e. The van der Waals surface area contributed by atoms with Crippen molar-refractivity contribution in [3.63, 3.8) is 0 Å². The van der Waals surface area contributed by atoms with Crippen LogP contribution in [0.25, 0.3) is 11.3 Å². The second kappa shape index (κ2) is 8.95. The van der Waals surface area contributed by atoms with Crippen molar-refractivity contribution in [1.29, 1.82) is 0 Å². The van der Waals surface area contributed by atoms with Crippen molar-refractivity contribution < 1.29 is 27.4 Å². The lowest BCUT2D eigenvalue weighted by Crippen LogP contribution is -2.20. The molecule has 6 rings (SSSR count). The Morgan fingerprint density at radius 3 is 2.81 bits per heavy atom. The SMILES string of the molecule is O=C1CCc2c(Oc3ccc4c(c3)CC(c3nc(-c5ccccc5C(F)(F)F)c[nH]3)CO4)ccnc2N1. The fourth-order valence-electron chi connectivity index (χ4n) is 4.73. The maximum atomic E-state index is 13.5. The van der Waals surface area contributed by atoms with E-state index in [1.165, 1.54) is 18.3 Å². The number of rotatable bonds is 4. The average molecular weight is 506 g/mol. The number of hydrogen-bond donors (Lipinski definition) is 2. The molecule has 1 amide bonds. The van der Waals surface area contributed by atoms with E-state index in [-0.39, 0.29) is 23.1 Å². The molecular formula is C27H21F3N4O3. The Balaban J connectivity index is 1.23. The summed E-state index contributed by atoms with van der Waals surface area (Å²) >= 11 is 0. The molecule has 0 fully saturated rings. The number of pyridine rings is 1. The van der Waals surface area contributed by atoms with Gasteiger partial charge in [-0.25, -0.2) is 9.97 Å². The van der Waals surface area contributed by atoms with Crippen LogP contribution < -0.4 is 14.8 Å². The van der Waals surface area contributed by atoms with Gasteiger partial charge in [-0.15, -0.1) is 0 Å². The van der Waals surface area contributed by atoms with Crippen LogP contribution in [0, 0.1) is 0 Å². The zero-order valence-electron chi connectivity index (χ0n) is 19.4. The molecular weight excluding hydrogens is 485 g/mol. The van der Waals surface area contributed by atoms with Gasteiger partial charge in [0, 0.05) is 29.9 Å². The van der Waals surface area contributed by atoms with Crippen molar-refractivity contribution in [2.75, 3.05) is 11.9 Å². The molecule has 10 heteroatoms. The standard InChI is InChI=1S/C27H21F3N4O3/c28-27(29,30)20-4-2-1-3-18(20)21-13-32-25(33-21)16-11-15-12-17(5-7-22(15)36-14-16)37-23-9-10-31-26-19(23)6-8-24(35)34-26/h1-5,7,9-10,12-13,16H,6,8,11,14H2,(H,32,33)(H,31,34,35). The van der Waals surface area contributed by atoms with E-state index in [9.17, 15) is 18.0 Å². The number of H-pyrrole nitrogens is 1. The number of benzene rings is 2. The molecule has 0 saturated carbocycles. The summed E-state index contributed by atoms with van der Waals surface area (Å²) in [7, 11) is 0. The molecule has 4 aromatic rings. The van der Waals surface area contributed by atoms with Gasteiger partial charge in [0.25, 0.3) is 0 Å². The second-order valence-corrected chi connectivity index (χ2v) is 8.98. The molecule has 1 unspecified atom stereocenters. The fourth-order valence-corrected chi connectivity index (χ4v) is 4.73. The molecule has 0 bridgehead atoms. The minimum absolute atomic E-state index is 0.0298. The number of ether oxygens (including phenoxy) is 2. The first-order chi connectivity index (χ1) is 17.8. The van der Waals surface area contributed by atoms with Gasteiger partial charge in [0.1, 0.15) is 28.9 Å². The number of amides is 1. The third-order valence-electron chi connectivity index (χ3n) is 6.53. The number of halogens is 3. The summed E-state index contributed by atoms with van der Waals surface area (Å²) in [4.78, 5) is 23.4. The van der Waals surface area contributed by atoms with E-state index in [4.69, 9.17) is 9.47 Å². The number of hydrogen-bond acceptors (Lipinski definition) is 5. The molecule has 7 nitrogen and oxygen atoms in total. The average Bonchev–Trinajstić information content (AvgIpc) is 3.38. The monoisotopic (exact) mass is 506 g/mol. The number of anilines is 1. The Kier molecular flexibility index (Phi) is 5.58. The molecule has 37 heavy (non-hydrogen) atoms. The Hall–Kier alpha value is -4.34. The zero-order chi connectivity index (χ0) is 25.6. The Bertz CT molecular complexity index is 1500. The number of aromatic nitrogens is 3. The van der Waals surface area contributed by atoms with Crippen molar-refractivity contribution in [1.82, 2.24) is 15.0 Å². The van der Waals surface area contributed by atoms with Crippen molar-refractivity contribution in [3.8, 4) is 28.5 Å². The summed E-state index contributed by atoms with van der Waals surface area (Å²) in [6, 6.07) is 12.7. The highest BCUT2D eigenvalue weighted by molar-refractivity contribution is 5.93. The van der Waals surface area contributed by atoms with Gasteiger partial charge >= 0.3 is 6.18 Å². The van der Waals surface area contributed by atoms with Gasteiger partial charge in [0.2, 0.25) is 5.91 Å². The van der Waals surface area contributed by atoms with Crippen LogP contribution >= 0.6 is 0 Å². The number of fused-ring (bicyclic) bond motifs is 2. The predicted octanol–water partition coefficient (Wildman–Crippen LogP) is 5.89. The Morgan fingerprint density at radius 2 is 1.95 bits per heavy atom. The lowest BCUT2D eigenvalue weighted by molar-refractivity contribution is -0.137. The zero-order valence-corrected chi connectivity index (χ0v) is 19.4.